The molecule has 162 valence electrons. The molecule has 0 aliphatic rings. The minimum Gasteiger partial charge on any atom is -0.406 e. The van der Waals surface area contributed by atoms with Gasteiger partial charge in [0.25, 0.3) is 0 Å². The molecule has 0 saturated carbocycles. The predicted octanol–water partition coefficient (Wildman–Crippen LogP) is 4.82. The second-order valence-electron chi connectivity index (χ2n) is 6.60. The lowest BCUT2D eigenvalue weighted by atomic mass is 10.1. The number of amidine groups is 1. The van der Waals surface area contributed by atoms with Gasteiger partial charge in [0.15, 0.2) is 11.2 Å². The van der Waals surface area contributed by atoms with E-state index in [2.05, 4.69) is 26.4 Å². The highest BCUT2D eigenvalue weighted by molar-refractivity contribution is 5.88. The Labute approximate surface area is 175 Å². The molecule has 2 aromatic heterocycles. The third-order valence-corrected chi connectivity index (χ3v) is 4.31. The number of pyridine rings is 1. The fourth-order valence-electron chi connectivity index (χ4n) is 2.92. The fraction of sp³-hybridized carbons (Fsp3) is 0.238. The van der Waals surface area contributed by atoms with Crippen LogP contribution in [-0.4, -0.2) is 28.5 Å². The molecule has 0 spiro atoms. The summed E-state index contributed by atoms with van der Waals surface area (Å²) in [6.45, 7) is 7.37. The summed E-state index contributed by atoms with van der Waals surface area (Å²) in [7, 11) is 0. The van der Waals surface area contributed by atoms with Crippen molar-refractivity contribution in [1.29, 1.82) is 0 Å². The van der Waals surface area contributed by atoms with Crippen LogP contribution < -0.4 is 10.5 Å². The first kappa shape index (κ1) is 22.0. The van der Waals surface area contributed by atoms with E-state index >= 15 is 0 Å². The maximum Gasteiger partial charge on any atom is 0.573 e. The van der Waals surface area contributed by atoms with E-state index in [-0.39, 0.29) is 23.8 Å². The van der Waals surface area contributed by atoms with Crippen LogP contribution in [0.4, 0.5) is 13.2 Å². The standard InChI is InChI=1S/C21H19F3N4O3/c1-4-11-26-18(25-3)13(2)12-28-19-17(30-20(28)29)10-9-16(27-19)14-5-7-15(8-6-14)31-21(22,23)24/h4-11,13H,3,12H2,1-2H3/b11-4-,26-18?. The molecule has 31 heavy (non-hydrogen) atoms. The summed E-state index contributed by atoms with van der Waals surface area (Å²) in [6.07, 6.45) is -1.44. The first-order valence-corrected chi connectivity index (χ1v) is 9.24. The average Bonchev–Trinajstić information content (AvgIpc) is 3.02. The Balaban J connectivity index is 1.94. The number of halogens is 3. The summed E-state index contributed by atoms with van der Waals surface area (Å²) in [5.41, 5.74) is 1.60. The van der Waals surface area contributed by atoms with E-state index in [1.807, 2.05) is 13.8 Å². The van der Waals surface area contributed by atoms with Crippen molar-refractivity contribution in [3.8, 4) is 17.0 Å². The lowest BCUT2D eigenvalue weighted by Gasteiger charge is -2.11. The molecule has 0 amide bonds. The smallest absolute Gasteiger partial charge is 0.406 e. The van der Waals surface area contributed by atoms with Crippen molar-refractivity contribution in [3.63, 3.8) is 0 Å². The third-order valence-electron chi connectivity index (χ3n) is 4.31. The molecule has 0 saturated heterocycles. The van der Waals surface area contributed by atoms with Crippen LogP contribution in [0.1, 0.15) is 13.8 Å². The molecule has 1 aromatic carbocycles. The largest absolute Gasteiger partial charge is 0.573 e. The first-order valence-electron chi connectivity index (χ1n) is 9.24. The van der Waals surface area contributed by atoms with Gasteiger partial charge in [-0.1, -0.05) is 13.0 Å². The molecule has 0 N–H and O–H groups in total. The Bertz CT molecular complexity index is 1190. The molecular formula is C21H19F3N4O3. The van der Waals surface area contributed by atoms with Crippen molar-refractivity contribution < 1.29 is 22.3 Å². The van der Waals surface area contributed by atoms with E-state index in [0.29, 0.717) is 22.7 Å². The Morgan fingerprint density at radius 2 is 2.00 bits per heavy atom. The van der Waals surface area contributed by atoms with Gasteiger partial charge in [0.1, 0.15) is 11.6 Å². The fourth-order valence-corrected chi connectivity index (χ4v) is 2.92. The molecule has 0 aliphatic heterocycles. The van der Waals surface area contributed by atoms with E-state index in [1.54, 1.807) is 24.4 Å². The van der Waals surface area contributed by atoms with Crippen molar-refractivity contribution >= 4 is 23.8 Å². The van der Waals surface area contributed by atoms with Crippen LogP contribution in [0, 0.1) is 5.92 Å². The maximum absolute atomic E-state index is 12.4. The van der Waals surface area contributed by atoms with Gasteiger partial charge in [0.05, 0.1) is 5.69 Å². The SMILES string of the molecule is C=NC(=N/C=C\C)C(C)Cn1c(=O)oc2ccc(-c3ccc(OC(F)(F)F)cc3)nc21. The minimum atomic E-state index is -4.77. The average molecular weight is 432 g/mol. The number of ether oxygens (including phenoxy) is 1. The van der Waals surface area contributed by atoms with Gasteiger partial charge in [-0.2, -0.15) is 0 Å². The highest BCUT2D eigenvalue weighted by atomic mass is 19.4. The van der Waals surface area contributed by atoms with Crippen LogP contribution >= 0.6 is 0 Å². The highest BCUT2D eigenvalue weighted by Gasteiger charge is 2.31. The lowest BCUT2D eigenvalue weighted by molar-refractivity contribution is -0.274. The summed E-state index contributed by atoms with van der Waals surface area (Å²) in [5.74, 6) is -0.724. The number of hydrogen-bond donors (Lipinski definition) is 0. The summed E-state index contributed by atoms with van der Waals surface area (Å²) < 4.78 is 47.5. The van der Waals surface area contributed by atoms with Crippen LogP contribution in [0.5, 0.6) is 5.75 Å². The number of hydrogen-bond acceptors (Lipinski definition) is 5. The quantitative estimate of drug-likeness (QED) is 0.413. The number of oxazole rings is 1. The normalized spacial score (nSPS) is 13.6. The van der Waals surface area contributed by atoms with Gasteiger partial charge in [-0.05, 0) is 50.0 Å². The molecule has 2 heterocycles. The van der Waals surface area contributed by atoms with Gasteiger partial charge in [0.2, 0.25) is 0 Å². The molecule has 10 heteroatoms. The maximum atomic E-state index is 12.4. The molecular weight excluding hydrogens is 413 g/mol. The van der Waals surface area contributed by atoms with E-state index in [1.165, 1.54) is 28.8 Å². The molecule has 0 aliphatic carbocycles. The van der Waals surface area contributed by atoms with Gasteiger partial charge in [-0.15, -0.1) is 13.2 Å². The molecule has 1 atom stereocenters. The monoisotopic (exact) mass is 432 g/mol. The Morgan fingerprint density at radius 1 is 1.29 bits per heavy atom. The van der Waals surface area contributed by atoms with Crippen molar-refractivity contribution in [2.75, 3.05) is 0 Å². The van der Waals surface area contributed by atoms with E-state index in [9.17, 15) is 18.0 Å². The van der Waals surface area contributed by atoms with Crippen LogP contribution in [0.2, 0.25) is 0 Å². The van der Waals surface area contributed by atoms with Crippen LogP contribution in [0.15, 0.2) is 67.9 Å². The number of fused-ring (bicyclic) bond motifs is 1. The molecule has 3 aromatic rings. The number of allylic oxidation sites excluding steroid dienone is 1. The first-order chi connectivity index (χ1) is 14.7. The molecule has 0 bridgehead atoms. The highest BCUT2D eigenvalue weighted by Crippen LogP contribution is 2.27. The van der Waals surface area contributed by atoms with Gasteiger partial charge < -0.3 is 9.15 Å². The van der Waals surface area contributed by atoms with Gasteiger partial charge in [0, 0.05) is 24.2 Å². The molecule has 1 unspecified atom stereocenters. The van der Waals surface area contributed by atoms with Crippen LogP contribution in [0.25, 0.3) is 22.5 Å². The number of aliphatic imine (C=N–C) groups is 2. The van der Waals surface area contributed by atoms with Crippen molar-refractivity contribution in [1.82, 2.24) is 9.55 Å². The summed E-state index contributed by atoms with van der Waals surface area (Å²) in [4.78, 5) is 24.9. The zero-order valence-electron chi connectivity index (χ0n) is 16.8. The summed E-state index contributed by atoms with van der Waals surface area (Å²) in [6, 6.07) is 8.48. The zero-order chi connectivity index (χ0) is 22.6. The molecule has 0 fully saturated rings. The van der Waals surface area contributed by atoms with Crippen molar-refractivity contribution in [3.05, 3.63) is 59.2 Å². The molecule has 3 rings (SSSR count). The third kappa shape index (κ3) is 5.27. The lowest BCUT2D eigenvalue weighted by Crippen LogP contribution is -2.23. The van der Waals surface area contributed by atoms with E-state index in [4.69, 9.17) is 4.42 Å². The van der Waals surface area contributed by atoms with Gasteiger partial charge in [-0.3, -0.25) is 4.57 Å². The number of rotatable bonds is 6. The molecule has 0 radical (unpaired) electrons. The van der Waals surface area contributed by atoms with Gasteiger partial charge in [-0.25, -0.2) is 19.8 Å². The van der Waals surface area contributed by atoms with Crippen molar-refractivity contribution in [2.24, 2.45) is 15.9 Å². The Morgan fingerprint density at radius 3 is 2.61 bits per heavy atom. The van der Waals surface area contributed by atoms with Gasteiger partial charge >= 0.3 is 12.1 Å². The van der Waals surface area contributed by atoms with E-state index < -0.39 is 12.1 Å². The van der Waals surface area contributed by atoms with Crippen LogP contribution in [0.3, 0.4) is 0 Å². The second kappa shape index (κ2) is 8.99. The number of alkyl halides is 3. The Kier molecular flexibility index (Phi) is 6.38. The number of benzene rings is 1. The zero-order valence-corrected chi connectivity index (χ0v) is 16.8. The summed E-state index contributed by atoms with van der Waals surface area (Å²) >= 11 is 0. The second-order valence-corrected chi connectivity index (χ2v) is 6.60. The van der Waals surface area contributed by atoms with Crippen molar-refractivity contribution in [2.45, 2.75) is 26.8 Å². The van der Waals surface area contributed by atoms with E-state index in [0.717, 1.165) is 0 Å². The topological polar surface area (TPSA) is 82.0 Å². The van der Waals surface area contributed by atoms with Crippen LogP contribution in [-0.2, 0) is 6.54 Å². The minimum absolute atomic E-state index is 0.204. The number of aromatic nitrogens is 2. The predicted molar refractivity (Wildman–Crippen MR) is 111 cm³/mol. The molecule has 7 nitrogen and oxygen atoms in total. The Hall–Kier alpha value is -3.69. The summed E-state index contributed by atoms with van der Waals surface area (Å²) in [5, 5.41) is 0. The number of nitrogens with zero attached hydrogens (tertiary/aromatic N) is 4.